The number of likely N-dealkylation sites (N-methyl/N-ethyl adjacent to an activating group) is 1. The summed E-state index contributed by atoms with van der Waals surface area (Å²) in [6.45, 7) is 5.38. The van der Waals surface area contributed by atoms with Crippen molar-refractivity contribution in [2.45, 2.75) is 19.9 Å². The first-order chi connectivity index (χ1) is 14.3. The van der Waals surface area contributed by atoms with Crippen LogP contribution in [0.5, 0.6) is 5.75 Å². The number of aliphatic hydroxyl groups excluding tert-OH is 1. The Hall–Kier alpha value is -3.12. The SMILES string of the molecule is CCOc1ccc(C2C(=C(O)c3ccc(C)cc3)C(=O)C(=O)N2CCN(C)C)cc1. The van der Waals surface area contributed by atoms with Crippen LogP contribution in [0.15, 0.2) is 54.1 Å². The van der Waals surface area contributed by atoms with E-state index < -0.39 is 17.7 Å². The number of aliphatic hydroxyl groups is 1. The molecule has 0 aromatic heterocycles. The van der Waals surface area contributed by atoms with Crippen LogP contribution in [0.3, 0.4) is 0 Å². The molecule has 1 aliphatic rings. The number of nitrogens with zero attached hydrogens (tertiary/aromatic N) is 2. The van der Waals surface area contributed by atoms with Crippen LogP contribution in [0.1, 0.15) is 29.7 Å². The predicted octanol–water partition coefficient (Wildman–Crippen LogP) is 3.38. The second-order valence-electron chi connectivity index (χ2n) is 7.66. The van der Waals surface area contributed by atoms with E-state index in [1.54, 1.807) is 12.1 Å². The highest BCUT2D eigenvalue weighted by molar-refractivity contribution is 6.46. The van der Waals surface area contributed by atoms with Gasteiger partial charge in [0.1, 0.15) is 11.5 Å². The molecule has 1 atom stereocenters. The van der Waals surface area contributed by atoms with Gasteiger partial charge in [-0.25, -0.2) is 0 Å². The molecule has 2 aromatic rings. The fraction of sp³-hybridized carbons (Fsp3) is 0.333. The highest BCUT2D eigenvalue weighted by atomic mass is 16.5. The average Bonchev–Trinajstić information content (AvgIpc) is 2.98. The molecule has 3 rings (SSSR count). The van der Waals surface area contributed by atoms with E-state index in [1.165, 1.54) is 4.90 Å². The van der Waals surface area contributed by atoms with Gasteiger partial charge >= 0.3 is 0 Å². The molecule has 1 heterocycles. The lowest BCUT2D eigenvalue weighted by molar-refractivity contribution is -0.140. The minimum atomic E-state index is -0.661. The summed E-state index contributed by atoms with van der Waals surface area (Å²) < 4.78 is 5.51. The van der Waals surface area contributed by atoms with E-state index >= 15 is 0 Å². The summed E-state index contributed by atoms with van der Waals surface area (Å²) in [6.07, 6.45) is 0. The Morgan fingerprint density at radius 1 is 1.07 bits per heavy atom. The molecule has 1 unspecified atom stereocenters. The molecule has 1 aliphatic heterocycles. The summed E-state index contributed by atoms with van der Waals surface area (Å²) >= 11 is 0. The Bertz CT molecular complexity index is 946. The summed E-state index contributed by atoms with van der Waals surface area (Å²) in [6, 6.07) is 13.9. The van der Waals surface area contributed by atoms with Crippen LogP contribution in [0.2, 0.25) is 0 Å². The number of likely N-dealkylation sites (tertiary alicyclic amines) is 1. The van der Waals surface area contributed by atoms with Gasteiger partial charge in [0.15, 0.2) is 0 Å². The van der Waals surface area contributed by atoms with Crippen molar-refractivity contribution in [2.24, 2.45) is 0 Å². The molecule has 6 nitrogen and oxygen atoms in total. The van der Waals surface area contributed by atoms with Crippen molar-refractivity contribution < 1.29 is 19.4 Å². The molecule has 0 bridgehead atoms. The monoisotopic (exact) mass is 408 g/mol. The van der Waals surface area contributed by atoms with E-state index in [0.717, 1.165) is 11.1 Å². The van der Waals surface area contributed by atoms with E-state index in [0.29, 0.717) is 31.0 Å². The van der Waals surface area contributed by atoms with Gasteiger partial charge in [-0.05, 0) is 45.6 Å². The summed E-state index contributed by atoms with van der Waals surface area (Å²) in [4.78, 5) is 29.3. The van der Waals surface area contributed by atoms with E-state index in [2.05, 4.69) is 0 Å². The van der Waals surface area contributed by atoms with Gasteiger partial charge in [0.25, 0.3) is 11.7 Å². The Labute approximate surface area is 177 Å². The van der Waals surface area contributed by atoms with Crippen molar-refractivity contribution in [2.75, 3.05) is 33.8 Å². The number of ketones is 1. The Kier molecular flexibility index (Phi) is 6.57. The molecular formula is C24H28N2O4. The van der Waals surface area contributed by atoms with E-state index in [-0.39, 0.29) is 11.3 Å². The molecule has 1 N–H and O–H groups in total. The number of hydrogen-bond acceptors (Lipinski definition) is 5. The Morgan fingerprint density at radius 2 is 1.70 bits per heavy atom. The van der Waals surface area contributed by atoms with Gasteiger partial charge in [-0.3, -0.25) is 9.59 Å². The molecule has 1 saturated heterocycles. The van der Waals surface area contributed by atoms with Crippen molar-refractivity contribution >= 4 is 17.4 Å². The van der Waals surface area contributed by atoms with Gasteiger partial charge < -0.3 is 19.6 Å². The fourth-order valence-electron chi connectivity index (χ4n) is 3.54. The summed E-state index contributed by atoms with van der Waals surface area (Å²) in [5.74, 6) is -0.695. The maximum absolute atomic E-state index is 12.9. The molecule has 1 fully saturated rings. The van der Waals surface area contributed by atoms with Crippen molar-refractivity contribution in [3.05, 3.63) is 70.8 Å². The van der Waals surface area contributed by atoms with E-state index in [4.69, 9.17) is 4.74 Å². The maximum atomic E-state index is 12.9. The highest BCUT2D eigenvalue weighted by Gasteiger charge is 2.45. The molecule has 0 radical (unpaired) electrons. The number of amides is 1. The number of aryl methyl sites for hydroxylation is 1. The van der Waals surface area contributed by atoms with E-state index in [9.17, 15) is 14.7 Å². The van der Waals surface area contributed by atoms with Crippen LogP contribution in [0.25, 0.3) is 5.76 Å². The van der Waals surface area contributed by atoms with Crippen LogP contribution in [0.4, 0.5) is 0 Å². The predicted molar refractivity (Wildman–Crippen MR) is 116 cm³/mol. The third-order valence-electron chi connectivity index (χ3n) is 5.16. The second-order valence-corrected chi connectivity index (χ2v) is 7.66. The van der Waals surface area contributed by atoms with Gasteiger partial charge in [-0.2, -0.15) is 0 Å². The molecule has 6 heteroatoms. The Morgan fingerprint density at radius 3 is 2.27 bits per heavy atom. The first-order valence-electron chi connectivity index (χ1n) is 10.1. The number of benzene rings is 2. The van der Waals surface area contributed by atoms with Crippen LogP contribution in [-0.4, -0.2) is 60.4 Å². The van der Waals surface area contributed by atoms with Crippen LogP contribution >= 0.6 is 0 Å². The van der Waals surface area contributed by atoms with Gasteiger partial charge in [0, 0.05) is 18.7 Å². The van der Waals surface area contributed by atoms with Crippen molar-refractivity contribution in [3.63, 3.8) is 0 Å². The van der Waals surface area contributed by atoms with Crippen molar-refractivity contribution in [3.8, 4) is 5.75 Å². The first-order valence-corrected chi connectivity index (χ1v) is 10.1. The zero-order chi connectivity index (χ0) is 21.8. The van der Waals surface area contributed by atoms with E-state index in [1.807, 2.05) is 69.2 Å². The summed E-state index contributed by atoms with van der Waals surface area (Å²) in [5.41, 5.74) is 2.43. The van der Waals surface area contributed by atoms with Gasteiger partial charge in [-0.15, -0.1) is 0 Å². The molecule has 0 aliphatic carbocycles. The maximum Gasteiger partial charge on any atom is 0.295 e. The molecule has 0 saturated carbocycles. The topological polar surface area (TPSA) is 70.1 Å². The lowest BCUT2D eigenvalue weighted by atomic mass is 9.95. The summed E-state index contributed by atoms with van der Waals surface area (Å²) in [7, 11) is 3.82. The second kappa shape index (κ2) is 9.13. The molecule has 30 heavy (non-hydrogen) atoms. The minimum absolute atomic E-state index is 0.117. The number of Topliss-reactive ketones (excluding diaryl/α,β-unsaturated/α-hetero) is 1. The molecular weight excluding hydrogens is 380 g/mol. The van der Waals surface area contributed by atoms with Crippen molar-refractivity contribution in [1.29, 1.82) is 0 Å². The standard InChI is InChI=1S/C24H28N2O4/c1-5-30-19-12-10-17(11-13-19)21-20(22(27)18-8-6-16(2)7-9-18)23(28)24(29)26(21)15-14-25(3)4/h6-13,21,27H,5,14-15H2,1-4H3. The number of carbonyl (C=O) groups is 2. The molecule has 158 valence electrons. The van der Waals surface area contributed by atoms with Crippen molar-refractivity contribution in [1.82, 2.24) is 9.80 Å². The van der Waals surface area contributed by atoms with Crippen LogP contribution in [0, 0.1) is 6.92 Å². The average molecular weight is 408 g/mol. The third-order valence-corrected chi connectivity index (χ3v) is 5.16. The molecule has 2 aromatic carbocycles. The largest absolute Gasteiger partial charge is 0.507 e. The first kappa shape index (κ1) is 21.6. The zero-order valence-corrected chi connectivity index (χ0v) is 17.9. The smallest absolute Gasteiger partial charge is 0.295 e. The number of carbonyl (C=O) groups excluding carboxylic acids is 2. The summed E-state index contributed by atoms with van der Waals surface area (Å²) in [5, 5.41) is 11.0. The highest BCUT2D eigenvalue weighted by Crippen LogP contribution is 2.39. The van der Waals surface area contributed by atoms with Gasteiger partial charge in [-0.1, -0.05) is 42.0 Å². The lowest BCUT2D eigenvalue weighted by Gasteiger charge is -2.26. The molecule has 0 spiro atoms. The quantitative estimate of drug-likeness (QED) is 0.432. The van der Waals surface area contributed by atoms with Gasteiger partial charge in [0.05, 0.1) is 18.2 Å². The van der Waals surface area contributed by atoms with Gasteiger partial charge in [0.2, 0.25) is 0 Å². The number of rotatable bonds is 7. The normalized spacial score (nSPS) is 18.3. The number of hydrogen-bond donors (Lipinski definition) is 1. The Balaban J connectivity index is 2.10. The molecule has 1 amide bonds. The minimum Gasteiger partial charge on any atom is -0.507 e. The van der Waals surface area contributed by atoms with Crippen LogP contribution in [-0.2, 0) is 9.59 Å². The third kappa shape index (κ3) is 4.39. The lowest BCUT2D eigenvalue weighted by Crippen LogP contribution is -2.35. The zero-order valence-electron chi connectivity index (χ0n) is 17.9. The van der Waals surface area contributed by atoms with Crippen LogP contribution < -0.4 is 4.74 Å². The number of ether oxygens (including phenoxy) is 1. The fourth-order valence-corrected chi connectivity index (χ4v) is 3.54.